The van der Waals surface area contributed by atoms with Crippen molar-refractivity contribution >= 4 is 52.2 Å². The van der Waals surface area contributed by atoms with Gasteiger partial charge in [-0.25, -0.2) is 0 Å². The summed E-state index contributed by atoms with van der Waals surface area (Å²) in [7, 11) is 0. The largest absolute Gasteiger partial charge is 0.377 e. The lowest BCUT2D eigenvalue weighted by Crippen LogP contribution is -2.15. The monoisotopic (exact) mass is 483 g/mol. The van der Waals surface area contributed by atoms with Gasteiger partial charge < -0.3 is 10.6 Å². The van der Waals surface area contributed by atoms with Gasteiger partial charge in [-0.3, -0.25) is 9.36 Å². The van der Waals surface area contributed by atoms with Crippen LogP contribution in [0.1, 0.15) is 5.82 Å². The highest BCUT2D eigenvalue weighted by Gasteiger charge is 2.16. The zero-order valence-corrected chi connectivity index (χ0v) is 19.2. The van der Waals surface area contributed by atoms with Crippen LogP contribution in [0.25, 0.3) is 5.69 Å². The van der Waals surface area contributed by atoms with Gasteiger partial charge in [0.15, 0.2) is 11.0 Å². The molecule has 2 N–H and O–H groups in total. The summed E-state index contributed by atoms with van der Waals surface area (Å²) in [5, 5.41) is 16.6. The average molecular weight is 484 g/mol. The van der Waals surface area contributed by atoms with Crippen molar-refractivity contribution in [1.29, 1.82) is 0 Å². The third-order valence-corrected chi connectivity index (χ3v) is 5.96. The van der Waals surface area contributed by atoms with Crippen LogP contribution < -0.4 is 10.6 Å². The fourth-order valence-corrected chi connectivity index (χ4v) is 4.18. The second-order valence-corrected chi connectivity index (χ2v) is 8.54. The Balaban J connectivity index is 1.50. The Labute approximate surface area is 200 Å². The summed E-state index contributed by atoms with van der Waals surface area (Å²) in [5.41, 5.74) is 2.37. The summed E-state index contributed by atoms with van der Waals surface area (Å²) in [5.74, 6) is 0.722. The highest BCUT2D eigenvalue weighted by Crippen LogP contribution is 2.25. The molecule has 0 unspecified atom stereocenters. The number of hydrogen-bond acceptors (Lipinski definition) is 5. The van der Waals surface area contributed by atoms with Gasteiger partial charge in [-0.1, -0.05) is 71.4 Å². The first kappa shape index (κ1) is 22.2. The van der Waals surface area contributed by atoms with Gasteiger partial charge in [0.2, 0.25) is 5.91 Å². The lowest BCUT2D eigenvalue weighted by Gasteiger charge is -2.12. The molecule has 162 valence electrons. The fourth-order valence-electron chi connectivity index (χ4n) is 3.02. The van der Waals surface area contributed by atoms with Crippen LogP contribution in [0.15, 0.2) is 84.0 Å². The normalized spacial score (nSPS) is 10.7. The van der Waals surface area contributed by atoms with Crippen LogP contribution in [0.2, 0.25) is 10.0 Å². The Morgan fingerprint density at radius 1 is 0.938 bits per heavy atom. The van der Waals surface area contributed by atoms with Crippen LogP contribution in [0.5, 0.6) is 0 Å². The maximum absolute atomic E-state index is 12.4. The summed E-state index contributed by atoms with van der Waals surface area (Å²) in [6.07, 6.45) is 0. The van der Waals surface area contributed by atoms with Gasteiger partial charge in [0, 0.05) is 16.4 Å². The van der Waals surface area contributed by atoms with E-state index in [0.717, 1.165) is 11.4 Å². The molecule has 0 aliphatic heterocycles. The second-order valence-electron chi connectivity index (χ2n) is 6.75. The van der Waals surface area contributed by atoms with Gasteiger partial charge in [0.05, 0.1) is 23.0 Å². The van der Waals surface area contributed by atoms with Crippen LogP contribution in [-0.4, -0.2) is 26.4 Å². The van der Waals surface area contributed by atoms with Crippen molar-refractivity contribution in [3.05, 3.63) is 94.7 Å². The quantitative estimate of drug-likeness (QED) is 0.304. The molecule has 9 heteroatoms. The van der Waals surface area contributed by atoms with Crippen molar-refractivity contribution in [2.24, 2.45) is 0 Å². The van der Waals surface area contributed by atoms with Gasteiger partial charge in [0.1, 0.15) is 0 Å². The zero-order chi connectivity index (χ0) is 22.3. The fraction of sp³-hybridized carbons (Fsp3) is 0.0870. The number of halogens is 2. The maximum atomic E-state index is 12.4. The summed E-state index contributed by atoms with van der Waals surface area (Å²) < 4.78 is 1.93. The Morgan fingerprint density at radius 3 is 2.50 bits per heavy atom. The van der Waals surface area contributed by atoms with Crippen LogP contribution in [0.3, 0.4) is 0 Å². The minimum atomic E-state index is -0.157. The van der Waals surface area contributed by atoms with E-state index in [1.165, 1.54) is 11.8 Å². The molecule has 0 spiro atoms. The lowest BCUT2D eigenvalue weighted by atomic mass is 10.3. The van der Waals surface area contributed by atoms with E-state index in [9.17, 15) is 4.79 Å². The van der Waals surface area contributed by atoms with E-state index >= 15 is 0 Å². The number of anilines is 2. The number of nitrogens with zero attached hydrogens (tertiary/aromatic N) is 3. The Bertz CT molecular complexity index is 1220. The molecule has 4 rings (SSSR count). The Morgan fingerprint density at radius 2 is 1.72 bits per heavy atom. The molecule has 1 heterocycles. The van der Waals surface area contributed by atoms with E-state index in [1.54, 1.807) is 24.3 Å². The topological polar surface area (TPSA) is 71.8 Å². The summed E-state index contributed by atoms with van der Waals surface area (Å²) in [6, 6.07) is 24.3. The molecule has 32 heavy (non-hydrogen) atoms. The van der Waals surface area contributed by atoms with Gasteiger partial charge in [-0.2, -0.15) is 0 Å². The third kappa shape index (κ3) is 5.62. The van der Waals surface area contributed by atoms with E-state index < -0.39 is 0 Å². The number of nitrogens with one attached hydrogen (secondary N) is 2. The molecule has 3 aromatic carbocycles. The van der Waals surface area contributed by atoms with Crippen LogP contribution in [-0.2, 0) is 11.3 Å². The van der Waals surface area contributed by atoms with E-state index in [2.05, 4.69) is 20.8 Å². The number of amides is 1. The van der Waals surface area contributed by atoms with Crippen LogP contribution >= 0.6 is 35.0 Å². The molecule has 6 nitrogen and oxygen atoms in total. The van der Waals surface area contributed by atoms with Gasteiger partial charge in [0.25, 0.3) is 0 Å². The minimum Gasteiger partial charge on any atom is -0.377 e. The Kier molecular flexibility index (Phi) is 7.32. The zero-order valence-electron chi connectivity index (χ0n) is 16.8. The summed E-state index contributed by atoms with van der Waals surface area (Å²) in [4.78, 5) is 12.4. The van der Waals surface area contributed by atoms with E-state index in [0.29, 0.717) is 33.3 Å². The minimum absolute atomic E-state index is 0.157. The van der Waals surface area contributed by atoms with Gasteiger partial charge >= 0.3 is 0 Å². The smallest absolute Gasteiger partial charge is 0.234 e. The molecule has 0 atom stereocenters. The Hall–Kier alpha value is -3.00. The van der Waals surface area contributed by atoms with Crippen molar-refractivity contribution in [2.75, 3.05) is 16.4 Å². The number of benzene rings is 3. The first-order valence-corrected chi connectivity index (χ1v) is 11.5. The second kappa shape index (κ2) is 10.5. The molecule has 1 amide bonds. The van der Waals surface area contributed by atoms with Gasteiger partial charge in [-0.05, 0) is 42.5 Å². The standard InChI is InChI=1S/C23H19Cl2N5OS/c24-16-7-6-8-17(13-16)27-22(31)15-32-23-29-28-21(30(23)18-9-2-1-3-10-18)14-26-20-12-5-4-11-19(20)25/h1-13,26H,14-15H2,(H,27,31). The number of aromatic nitrogens is 3. The molecule has 4 aromatic rings. The van der Waals surface area contributed by atoms with Gasteiger partial charge in [-0.15, -0.1) is 10.2 Å². The molecule has 0 saturated carbocycles. The van der Waals surface area contributed by atoms with E-state index in [-0.39, 0.29) is 11.7 Å². The summed E-state index contributed by atoms with van der Waals surface area (Å²) in [6.45, 7) is 0.418. The van der Waals surface area contributed by atoms with E-state index in [4.69, 9.17) is 23.2 Å². The molecule has 0 aliphatic rings. The van der Waals surface area contributed by atoms with Crippen molar-refractivity contribution in [3.63, 3.8) is 0 Å². The van der Waals surface area contributed by atoms with Crippen molar-refractivity contribution < 1.29 is 4.79 Å². The van der Waals surface area contributed by atoms with Crippen LogP contribution in [0, 0.1) is 0 Å². The highest BCUT2D eigenvalue weighted by molar-refractivity contribution is 7.99. The van der Waals surface area contributed by atoms with Crippen molar-refractivity contribution in [1.82, 2.24) is 14.8 Å². The molecule has 0 bridgehead atoms. The SMILES string of the molecule is O=C(CSc1nnc(CNc2ccccc2Cl)n1-c1ccccc1)Nc1cccc(Cl)c1. The lowest BCUT2D eigenvalue weighted by molar-refractivity contribution is -0.113. The molecule has 1 aromatic heterocycles. The third-order valence-electron chi connectivity index (χ3n) is 4.47. The molecule has 0 saturated heterocycles. The number of carbonyl (C=O) groups excluding carboxylic acids is 1. The van der Waals surface area contributed by atoms with Crippen molar-refractivity contribution in [3.8, 4) is 5.69 Å². The predicted molar refractivity (Wildman–Crippen MR) is 131 cm³/mol. The molecule has 0 fully saturated rings. The number of hydrogen-bond donors (Lipinski definition) is 2. The number of carbonyl (C=O) groups is 1. The number of rotatable bonds is 8. The number of para-hydroxylation sites is 2. The predicted octanol–water partition coefficient (Wildman–Crippen LogP) is 5.92. The van der Waals surface area contributed by atoms with E-state index in [1.807, 2.05) is 59.2 Å². The first-order chi connectivity index (χ1) is 15.6. The molecule has 0 aliphatic carbocycles. The number of thioether (sulfide) groups is 1. The maximum Gasteiger partial charge on any atom is 0.234 e. The van der Waals surface area contributed by atoms with Crippen molar-refractivity contribution in [2.45, 2.75) is 11.7 Å². The summed E-state index contributed by atoms with van der Waals surface area (Å²) >= 11 is 13.5. The molecular formula is C23H19Cl2N5OS. The first-order valence-electron chi connectivity index (χ1n) is 9.76. The molecule has 0 radical (unpaired) electrons. The molecular weight excluding hydrogens is 465 g/mol. The average Bonchev–Trinajstić information content (AvgIpc) is 3.20. The van der Waals surface area contributed by atoms with Crippen LogP contribution in [0.4, 0.5) is 11.4 Å². The highest BCUT2D eigenvalue weighted by atomic mass is 35.5.